The van der Waals surface area contributed by atoms with Gasteiger partial charge < -0.3 is 10.2 Å². The van der Waals surface area contributed by atoms with E-state index < -0.39 is 0 Å². The van der Waals surface area contributed by atoms with Crippen molar-refractivity contribution in [2.75, 3.05) is 11.4 Å². The molecule has 134 valence electrons. The highest BCUT2D eigenvalue weighted by molar-refractivity contribution is 7.09. The molecule has 1 aromatic heterocycles. The molecule has 1 fully saturated rings. The van der Waals surface area contributed by atoms with Gasteiger partial charge in [0.1, 0.15) is 11.9 Å². The molecule has 5 nitrogen and oxygen atoms in total. The summed E-state index contributed by atoms with van der Waals surface area (Å²) in [5.41, 5.74) is 2.46. The lowest BCUT2D eigenvalue weighted by molar-refractivity contribution is -0.122. The third kappa shape index (κ3) is 4.37. The first-order chi connectivity index (χ1) is 12.1. The van der Waals surface area contributed by atoms with Crippen LogP contribution in [0.15, 0.2) is 24.3 Å². The quantitative estimate of drug-likeness (QED) is 0.861. The van der Waals surface area contributed by atoms with Crippen LogP contribution >= 0.6 is 11.5 Å². The van der Waals surface area contributed by atoms with E-state index in [0.29, 0.717) is 0 Å². The highest BCUT2D eigenvalue weighted by Gasteiger charge is 2.33. The Morgan fingerprint density at radius 1 is 1.40 bits per heavy atom. The maximum Gasteiger partial charge on any atom is 0.242 e. The molecule has 0 spiro atoms. The van der Waals surface area contributed by atoms with Gasteiger partial charge in [0.25, 0.3) is 0 Å². The Morgan fingerprint density at radius 2 is 2.16 bits per heavy atom. The molecular formula is C19H26N4OS. The third-order valence-corrected chi connectivity index (χ3v) is 5.53. The summed E-state index contributed by atoms with van der Waals surface area (Å²) in [7, 11) is 0. The van der Waals surface area contributed by atoms with Gasteiger partial charge in [-0.1, -0.05) is 36.8 Å². The van der Waals surface area contributed by atoms with Crippen LogP contribution in [-0.2, 0) is 11.2 Å². The lowest BCUT2D eigenvalue weighted by Crippen LogP contribution is -2.46. The second kappa shape index (κ2) is 7.95. The average Bonchev–Trinajstić information content (AvgIpc) is 3.25. The molecule has 2 aromatic rings. The fourth-order valence-electron chi connectivity index (χ4n) is 3.03. The van der Waals surface area contributed by atoms with E-state index >= 15 is 0 Å². The van der Waals surface area contributed by atoms with Crippen LogP contribution in [0.5, 0.6) is 0 Å². The Bertz CT molecular complexity index is 712. The van der Waals surface area contributed by atoms with Crippen molar-refractivity contribution < 1.29 is 4.79 Å². The molecular weight excluding hydrogens is 332 g/mol. The molecule has 1 saturated heterocycles. The van der Waals surface area contributed by atoms with Crippen molar-refractivity contribution in [2.45, 2.75) is 58.5 Å². The largest absolute Gasteiger partial charge is 0.352 e. The van der Waals surface area contributed by atoms with E-state index in [1.54, 1.807) is 0 Å². The molecule has 25 heavy (non-hydrogen) atoms. The number of aromatic nitrogens is 2. The molecule has 0 bridgehead atoms. The van der Waals surface area contributed by atoms with Crippen molar-refractivity contribution in [3.8, 4) is 0 Å². The van der Waals surface area contributed by atoms with E-state index in [1.807, 2.05) is 6.92 Å². The van der Waals surface area contributed by atoms with Gasteiger partial charge >= 0.3 is 0 Å². The van der Waals surface area contributed by atoms with Crippen LogP contribution in [0, 0.1) is 6.92 Å². The van der Waals surface area contributed by atoms with E-state index in [4.69, 9.17) is 4.98 Å². The van der Waals surface area contributed by atoms with Crippen LogP contribution in [-0.4, -0.2) is 33.9 Å². The number of nitrogens with zero attached hydrogens (tertiary/aromatic N) is 3. The topological polar surface area (TPSA) is 58.1 Å². The van der Waals surface area contributed by atoms with Crippen LogP contribution in [0.4, 0.5) is 5.13 Å². The van der Waals surface area contributed by atoms with Crippen molar-refractivity contribution >= 4 is 22.6 Å². The minimum absolute atomic E-state index is 0.113. The SMILES string of the molecule is CC[C@@H](C)NC(=O)[C@H]1CCCN1c1nc(Cc2ccc(C)cc2)ns1. The minimum atomic E-state index is -0.117. The lowest BCUT2D eigenvalue weighted by Gasteiger charge is -2.24. The fourth-order valence-corrected chi connectivity index (χ4v) is 3.79. The van der Waals surface area contributed by atoms with E-state index in [9.17, 15) is 4.79 Å². The van der Waals surface area contributed by atoms with Crippen molar-refractivity contribution in [3.63, 3.8) is 0 Å². The van der Waals surface area contributed by atoms with Gasteiger partial charge in [-0.05, 0) is 38.7 Å². The summed E-state index contributed by atoms with van der Waals surface area (Å²) < 4.78 is 4.51. The molecule has 0 saturated carbocycles. The van der Waals surface area contributed by atoms with Gasteiger partial charge in [0.2, 0.25) is 11.0 Å². The van der Waals surface area contributed by atoms with Crippen molar-refractivity contribution in [3.05, 3.63) is 41.2 Å². The predicted octanol–water partition coefficient (Wildman–Crippen LogP) is 3.32. The number of aryl methyl sites for hydroxylation is 1. The number of carbonyl (C=O) groups is 1. The van der Waals surface area contributed by atoms with Gasteiger partial charge in [0.05, 0.1) is 0 Å². The van der Waals surface area contributed by atoms with E-state index in [-0.39, 0.29) is 18.0 Å². The molecule has 0 aliphatic carbocycles. The van der Waals surface area contributed by atoms with Crippen LogP contribution in [0.2, 0.25) is 0 Å². The molecule has 0 unspecified atom stereocenters. The fraction of sp³-hybridized carbons (Fsp3) is 0.526. The van der Waals surface area contributed by atoms with Crippen molar-refractivity contribution in [1.82, 2.24) is 14.7 Å². The van der Waals surface area contributed by atoms with Gasteiger partial charge in [-0.2, -0.15) is 4.37 Å². The standard InChI is InChI=1S/C19H26N4OS/c1-4-14(3)20-18(24)16-6-5-11-23(16)19-21-17(22-25-19)12-15-9-7-13(2)8-10-15/h7-10,14,16H,4-6,11-12H2,1-3H3,(H,20,24)/t14-,16-/m1/s1. The Balaban J connectivity index is 1.68. The van der Waals surface area contributed by atoms with Gasteiger partial charge in [0, 0.05) is 30.5 Å². The first-order valence-electron chi connectivity index (χ1n) is 9.02. The van der Waals surface area contributed by atoms with Crippen LogP contribution < -0.4 is 10.2 Å². The number of rotatable bonds is 6. The molecule has 2 atom stereocenters. The molecule has 2 heterocycles. The smallest absolute Gasteiger partial charge is 0.242 e. The third-order valence-electron chi connectivity index (χ3n) is 4.74. The first-order valence-corrected chi connectivity index (χ1v) is 9.79. The number of nitrogens with one attached hydrogen (secondary N) is 1. The van der Waals surface area contributed by atoms with E-state index in [2.05, 4.69) is 52.7 Å². The lowest BCUT2D eigenvalue weighted by atomic mass is 10.1. The maximum absolute atomic E-state index is 12.5. The second-order valence-electron chi connectivity index (χ2n) is 6.82. The molecule has 1 aliphatic heterocycles. The number of hydrogen-bond donors (Lipinski definition) is 1. The zero-order chi connectivity index (χ0) is 17.8. The van der Waals surface area contributed by atoms with Gasteiger partial charge in [-0.3, -0.25) is 4.79 Å². The average molecular weight is 359 g/mol. The maximum atomic E-state index is 12.5. The van der Waals surface area contributed by atoms with Gasteiger partial charge in [-0.15, -0.1) is 0 Å². The normalized spacial score (nSPS) is 18.4. The summed E-state index contributed by atoms with van der Waals surface area (Å²) in [6, 6.07) is 8.55. The number of amides is 1. The van der Waals surface area contributed by atoms with Crippen molar-refractivity contribution in [1.29, 1.82) is 0 Å². The summed E-state index contributed by atoms with van der Waals surface area (Å²) in [5.74, 6) is 0.943. The van der Waals surface area contributed by atoms with E-state index in [0.717, 1.165) is 43.2 Å². The Hall–Kier alpha value is -1.95. The van der Waals surface area contributed by atoms with E-state index in [1.165, 1.54) is 22.7 Å². The minimum Gasteiger partial charge on any atom is -0.352 e. The predicted molar refractivity (Wildman–Crippen MR) is 102 cm³/mol. The van der Waals surface area contributed by atoms with Gasteiger partial charge in [-0.25, -0.2) is 4.98 Å². The first kappa shape index (κ1) is 17.9. The summed E-state index contributed by atoms with van der Waals surface area (Å²) in [6.07, 6.45) is 3.58. The highest BCUT2D eigenvalue weighted by atomic mass is 32.1. The second-order valence-corrected chi connectivity index (χ2v) is 7.56. The molecule has 1 aromatic carbocycles. The Labute approximate surface area is 153 Å². The number of carbonyl (C=O) groups excluding carboxylic acids is 1. The monoisotopic (exact) mass is 358 g/mol. The zero-order valence-corrected chi connectivity index (χ0v) is 16.0. The number of benzene rings is 1. The van der Waals surface area contributed by atoms with Gasteiger partial charge in [0.15, 0.2) is 0 Å². The summed E-state index contributed by atoms with van der Waals surface area (Å²) in [6.45, 7) is 7.08. The van der Waals surface area contributed by atoms with Crippen molar-refractivity contribution in [2.24, 2.45) is 0 Å². The summed E-state index contributed by atoms with van der Waals surface area (Å²) >= 11 is 1.40. The van der Waals surface area contributed by atoms with Crippen LogP contribution in [0.25, 0.3) is 0 Å². The highest BCUT2D eigenvalue weighted by Crippen LogP contribution is 2.28. The summed E-state index contributed by atoms with van der Waals surface area (Å²) in [5, 5.41) is 3.96. The molecule has 6 heteroatoms. The van der Waals surface area contributed by atoms with Crippen LogP contribution in [0.1, 0.15) is 50.1 Å². The Morgan fingerprint density at radius 3 is 2.88 bits per heavy atom. The molecule has 0 radical (unpaired) electrons. The number of anilines is 1. The molecule has 1 aliphatic rings. The zero-order valence-electron chi connectivity index (χ0n) is 15.2. The number of hydrogen-bond acceptors (Lipinski definition) is 5. The molecule has 1 N–H and O–H groups in total. The van der Waals surface area contributed by atoms with Crippen LogP contribution in [0.3, 0.4) is 0 Å². The molecule has 3 rings (SSSR count). The molecule has 1 amide bonds. The summed E-state index contributed by atoms with van der Waals surface area (Å²) in [4.78, 5) is 19.3. The Kier molecular flexibility index (Phi) is 5.68.